The molecule has 68 heavy (non-hydrogen) atoms. The molecule has 2 aliphatic carbocycles. The molecule has 3 aliphatic heterocycles. The average molecular weight is 976 g/mol. The highest BCUT2D eigenvalue weighted by molar-refractivity contribution is 7.57. The largest absolute Gasteiger partial charge is 0.465 e. The summed E-state index contributed by atoms with van der Waals surface area (Å²) in [6, 6.07) is 21.4. The number of likely N-dealkylation sites (tertiary alicyclic amines) is 1. The number of halogens is 3. The molecule has 364 valence electrons. The van der Waals surface area contributed by atoms with E-state index in [0.717, 1.165) is 30.6 Å². The summed E-state index contributed by atoms with van der Waals surface area (Å²) in [6.45, 7) is 3.99. The summed E-state index contributed by atoms with van der Waals surface area (Å²) in [7, 11) is -2.53. The summed E-state index contributed by atoms with van der Waals surface area (Å²) in [5, 5.41) is 6.12. The van der Waals surface area contributed by atoms with E-state index in [0.29, 0.717) is 61.6 Å². The molecule has 4 heterocycles. The van der Waals surface area contributed by atoms with Crippen LogP contribution in [0.5, 0.6) is 5.75 Å². The van der Waals surface area contributed by atoms with Crippen molar-refractivity contribution in [3.8, 4) is 5.75 Å². The van der Waals surface area contributed by atoms with Gasteiger partial charge in [-0.1, -0.05) is 61.5 Å². The number of rotatable bonds is 16. The topological polar surface area (TPSA) is 138 Å². The lowest BCUT2D eigenvalue weighted by atomic mass is 9.78. The van der Waals surface area contributed by atoms with Gasteiger partial charge in [-0.15, -0.1) is 11.3 Å². The Bertz CT molecular complexity index is 2530. The quantitative estimate of drug-likeness (QED) is 0.0831. The highest BCUT2D eigenvalue weighted by Gasteiger charge is 2.59. The third-order valence-electron chi connectivity index (χ3n) is 15.1. The second-order valence-corrected chi connectivity index (χ2v) is 22.8. The molecule has 3 aromatic carbocycles. The summed E-state index contributed by atoms with van der Waals surface area (Å²) in [5.41, 5.74) is 0.985. The number of nitrogens with one attached hydrogen (secondary N) is 2. The van der Waals surface area contributed by atoms with Crippen LogP contribution < -0.4 is 14.9 Å². The number of hydrogen-bond acceptors (Lipinski definition) is 9. The van der Waals surface area contributed by atoms with Gasteiger partial charge in [-0.3, -0.25) is 23.7 Å². The molecule has 9 rings (SSSR count). The molecule has 3 amide bonds. The first-order valence-electron chi connectivity index (χ1n) is 24.1. The maximum Gasteiger partial charge on any atom is 0.355 e. The predicted molar refractivity (Wildman–Crippen MR) is 255 cm³/mol. The number of alkyl halides is 3. The van der Waals surface area contributed by atoms with Crippen LogP contribution in [0.15, 0.2) is 84.9 Å². The smallest absolute Gasteiger partial charge is 0.355 e. The van der Waals surface area contributed by atoms with Crippen LogP contribution in [-0.2, 0) is 23.7 Å². The van der Waals surface area contributed by atoms with Crippen molar-refractivity contribution in [1.29, 1.82) is 0 Å². The first-order chi connectivity index (χ1) is 32.7. The fourth-order valence-corrected chi connectivity index (χ4v) is 13.9. The molecular formula is C51H61F3N5O7PS. The van der Waals surface area contributed by atoms with Crippen molar-refractivity contribution in [3.05, 3.63) is 101 Å². The maximum atomic E-state index is 16.7. The summed E-state index contributed by atoms with van der Waals surface area (Å²) in [5.74, 6) is -4.08. The molecule has 12 nitrogen and oxygen atoms in total. The second-order valence-electron chi connectivity index (χ2n) is 19.6. The molecule has 0 unspecified atom stereocenters. The van der Waals surface area contributed by atoms with Crippen LogP contribution in [0, 0.1) is 5.92 Å². The van der Waals surface area contributed by atoms with Crippen LogP contribution in [0.1, 0.15) is 117 Å². The highest BCUT2D eigenvalue weighted by Crippen LogP contribution is 2.58. The van der Waals surface area contributed by atoms with Crippen LogP contribution in [0.4, 0.5) is 13.2 Å². The van der Waals surface area contributed by atoms with E-state index >= 15 is 4.39 Å². The van der Waals surface area contributed by atoms with Gasteiger partial charge < -0.3 is 29.3 Å². The van der Waals surface area contributed by atoms with E-state index in [4.69, 9.17) is 9.26 Å². The Balaban J connectivity index is 0.954. The zero-order chi connectivity index (χ0) is 47.9. The third-order valence-corrected chi connectivity index (χ3v) is 18.3. The molecule has 1 spiro atoms. The Morgan fingerprint density at radius 3 is 2.34 bits per heavy atom. The van der Waals surface area contributed by atoms with Gasteiger partial charge in [0.25, 0.3) is 5.91 Å². The van der Waals surface area contributed by atoms with Gasteiger partial charge in [-0.05, 0) is 131 Å². The number of hydrogen-bond donors (Lipinski definition) is 2. The summed E-state index contributed by atoms with van der Waals surface area (Å²) in [6.07, 6.45) is 4.29. The summed E-state index contributed by atoms with van der Waals surface area (Å²) >= 11 is 1.16. The first-order valence-corrected chi connectivity index (χ1v) is 26.6. The van der Waals surface area contributed by atoms with Gasteiger partial charge in [0.05, 0.1) is 11.5 Å². The van der Waals surface area contributed by atoms with Crippen molar-refractivity contribution < 1.29 is 46.2 Å². The Morgan fingerprint density at radius 1 is 0.926 bits per heavy atom. The SMILES string of the molecule is CCCOC(=O)[C@H](C)N[P@](=O)(Oc1ccccc1)[C@@H](F)c1ccc2sc(C(=O)N[C@H]3CC[C@H](N(C)C4CC(C(F)F)C4)C[C@H]4CC[C@@H](C(=O)N5C[C@H](c6ccccc6)CC56CC6)N4C3=O)cc2c1. The molecule has 4 aromatic rings. The van der Waals surface area contributed by atoms with Crippen molar-refractivity contribution in [2.45, 2.75) is 145 Å². The molecule has 3 saturated heterocycles. The molecule has 5 fully saturated rings. The molecular weight excluding hydrogens is 915 g/mol. The van der Waals surface area contributed by atoms with E-state index in [-0.39, 0.29) is 70.6 Å². The van der Waals surface area contributed by atoms with Gasteiger partial charge in [0.2, 0.25) is 24.2 Å². The lowest BCUT2D eigenvalue weighted by molar-refractivity contribution is -0.148. The standard InChI is InChI=1S/C51H61F3N5O7PS/c1-4-23-65-50(63)31(2)56-67(64,66-40-13-9-6-10-14-40)46(54)33-15-20-43-34(24-33)27-44(68-43)47(60)55-41-18-16-37(57(3)39-25-35(26-39)45(52)53)28-38-17-19-42(59(38)48(41)61)49(62)58-30-36(29-51(58)21-22-51)32-11-7-5-8-12-32/h5-15,20,24,27,31,35-39,41-42,45-46H,4,16-19,21-23,25-26,28-30H2,1-3H3,(H,55,60)(H,56,64)/t31-,35?,36+,37-,38+,39?,41-,42-,46+,67+/m0/s1. The van der Waals surface area contributed by atoms with E-state index in [2.05, 4.69) is 27.4 Å². The summed E-state index contributed by atoms with van der Waals surface area (Å²) in [4.78, 5) is 63.1. The molecule has 0 bridgehead atoms. The fraction of sp³-hybridized carbons (Fsp3) is 0.529. The number of ether oxygens (including phenoxy) is 1. The minimum Gasteiger partial charge on any atom is -0.465 e. The molecule has 2 saturated carbocycles. The maximum absolute atomic E-state index is 16.7. The van der Waals surface area contributed by atoms with Crippen molar-refractivity contribution in [3.63, 3.8) is 0 Å². The van der Waals surface area contributed by atoms with E-state index in [1.165, 1.54) is 36.8 Å². The Labute approximate surface area is 399 Å². The minimum atomic E-state index is -4.50. The fourth-order valence-electron chi connectivity index (χ4n) is 11.0. The molecule has 17 heteroatoms. The average Bonchev–Trinajstić information content (AvgIpc) is 3.59. The second kappa shape index (κ2) is 19.9. The molecule has 8 atom stereocenters. The van der Waals surface area contributed by atoms with Gasteiger partial charge in [-0.2, -0.15) is 0 Å². The molecule has 5 aliphatic rings. The van der Waals surface area contributed by atoms with E-state index < -0.39 is 55.8 Å². The first kappa shape index (κ1) is 48.3. The van der Waals surface area contributed by atoms with E-state index in [1.54, 1.807) is 35.2 Å². The highest BCUT2D eigenvalue weighted by atomic mass is 32.1. The van der Waals surface area contributed by atoms with Gasteiger partial charge in [0.1, 0.15) is 23.9 Å². The van der Waals surface area contributed by atoms with Crippen LogP contribution in [0.2, 0.25) is 0 Å². The molecule has 1 aromatic heterocycles. The normalized spacial score (nSPS) is 27.2. The number of nitrogens with zero attached hydrogens (tertiary/aromatic N) is 3. The van der Waals surface area contributed by atoms with Crippen LogP contribution in [0.25, 0.3) is 10.1 Å². The molecule has 2 N–H and O–H groups in total. The number of carbonyl (C=O) groups excluding carboxylic acids is 4. The van der Waals surface area contributed by atoms with Crippen molar-refractivity contribution in [2.24, 2.45) is 5.92 Å². The number of para-hydroxylation sites is 1. The molecule has 0 radical (unpaired) electrons. The minimum absolute atomic E-state index is 0.00306. The van der Waals surface area contributed by atoms with E-state index in [9.17, 15) is 32.5 Å². The Kier molecular flexibility index (Phi) is 14.1. The number of benzene rings is 3. The van der Waals surface area contributed by atoms with Crippen molar-refractivity contribution in [1.82, 2.24) is 25.1 Å². The predicted octanol–water partition coefficient (Wildman–Crippen LogP) is 9.61. The zero-order valence-electron chi connectivity index (χ0n) is 38.7. The number of fused-ring (bicyclic) bond motifs is 2. The van der Waals surface area contributed by atoms with E-state index in [1.807, 2.05) is 37.1 Å². The van der Waals surface area contributed by atoms with Crippen LogP contribution in [0.3, 0.4) is 0 Å². The van der Waals surface area contributed by atoms with Crippen molar-refractivity contribution >= 4 is 52.6 Å². The zero-order valence-corrected chi connectivity index (χ0v) is 40.4. The van der Waals surface area contributed by atoms with Crippen LogP contribution >= 0.6 is 18.9 Å². The van der Waals surface area contributed by atoms with Crippen molar-refractivity contribution in [2.75, 3.05) is 20.2 Å². The summed E-state index contributed by atoms with van der Waals surface area (Å²) < 4.78 is 70.0. The van der Waals surface area contributed by atoms with Gasteiger partial charge in [0, 0.05) is 46.7 Å². The number of carbonyl (C=O) groups is 4. The van der Waals surface area contributed by atoms with Gasteiger partial charge >= 0.3 is 13.5 Å². The number of esters is 1. The third kappa shape index (κ3) is 9.85. The Morgan fingerprint density at radius 2 is 1.65 bits per heavy atom. The number of thiophene rings is 1. The lowest BCUT2D eigenvalue weighted by Gasteiger charge is -2.47. The number of amides is 3. The lowest BCUT2D eigenvalue weighted by Crippen LogP contribution is -2.59. The Hall–Kier alpha value is -4.76. The van der Waals surface area contributed by atoms with Gasteiger partial charge in [0.15, 0.2) is 0 Å². The monoisotopic (exact) mass is 975 g/mol. The van der Waals surface area contributed by atoms with Gasteiger partial charge in [-0.25, -0.2) is 18.3 Å². The van der Waals surface area contributed by atoms with Crippen LogP contribution in [-0.4, -0.2) is 107 Å².